The smallest absolute Gasteiger partial charge is 0.0700 e. The van der Waals surface area contributed by atoms with Crippen molar-refractivity contribution < 1.29 is 14.6 Å². The van der Waals surface area contributed by atoms with E-state index in [1.54, 1.807) is 7.11 Å². The fourth-order valence-electron chi connectivity index (χ4n) is 1.62. The predicted octanol–water partition coefficient (Wildman–Crippen LogP) is 2.58. The molecule has 0 radical (unpaired) electrons. The van der Waals surface area contributed by atoms with Crippen LogP contribution >= 0.6 is 15.9 Å². The number of hydrogen-bond acceptors (Lipinski definition) is 3. The second-order valence-corrected chi connectivity index (χ2v) is 4.65. The van der Waals surface area contributed by atoms with Crippen LogP contribution in [0.1, 0.15) is 17.9 Å². The minimum atomic E-state index is 0.119. The summed E-state index contributed by atoms with van der Waals surface area (Å²) in [7, 11) is 1.65. The van der Waals surface area contributed by atoms with Gasteiger partial charge >= 0.3 is 0 Å². The number of aliphatic hydroxyl groups excluding tert-OH is 1. The number of rotatable bonds is 8. The summed E-state index contributed by atoms with van der Waals surface area (Å²) in [5, 5.41) is 9.41. The lowest BCUT2D eigenvalue weighted by Crippen LogP contribution is -2.10. The standard InChI is InChI=1S/C13H19BrO3/c1-16-8-9-17-7-6-11(10-15)12-4-2-3-5-13(12)14/h2-5,11,15H,6-10H2,1H3. The van der Waals surface area contributed by atoms with Crippen LogP contribution in [0, 0.1) is 0 Å². The molecule has 0 aliphatic rings. The van der Waals surface area contributed by atoms with E-state index >= 15 is 0 Å². The highest BCUT2D eigenvalue weighted by Gasteiger charge is 2.12. The molecule has 0 fully saturated rings. The summed E-state index contributed by atoms with van der Waals surface area (Å²) < 4.78 is 11.4. The second-order valence-electron chi connectivity index (χ2n) is 3.79. The van der Waals surface area contributed by atoms with Crippen molar-refractivity contribution in [3.05, 3.63) is 34.3 Å². The van der Waals surface area contributed by atoms with Gasteiger partial charge in [0.05, 0.1) is 19.8 Å². The summed E-state index contributed by atoms with van der Waals surface area (Å²) in [5.41, 5.74) is 1.13. The van der Waals surface area contributed by atoms with E-state index in [-0.39, 0.29) is 12.5 Å². The molecular weight excluding hydrogens is 284 g/mol. The van der Waals surface area contributed by atoms with Crippen molar-refractivity contribution in [3.8, 4) is 0 Å². The summed E-state index contributed by atoms with van der Waals surface area (Å²) in [5.74, 6) is 0.119. The SMILES string of the molecule is COCCOCCC(CO)c1ccccc1Br. The molecule has 1 unspecified atom stereocenters. The summed E-state index contributed by atoms with van der Waals surface area (Å²) >= 11 is 3.50. The van der Waals surface area contributed by atoms with Crippen LogP contribution < -0.4 is 0 Å². The van der Waals surface area contributed by atoms with Crippen molar-refractivity contribution in [2.24, 2.45) is 0 Å². The molecule has 3 nitrogen and oxygen atoms in total. The van der Waals surface area contributed by atoms with E-state index in [0.29, 0.717) is 19.8 Å². The average molecular weight is 303 g/mol. The Morgan fingerprint density at radius 1 is 1.24 bits per heavy atom. The van der Waals surface area contributed by atoms with Crippen molar-refractivity contribution in [2.45, 2.75) is 12.3 Å². The van der Waals surface area contributed by atoms with E-state index in [1.165, 1.54) is 0 Å². The van der Waals surface area contributed by atoms with Gasteiger partial charge in [-0.2, -0.15) is 0 Å². The van der Waals surface area contributed by atoms with E-state index in [9.17, 15) is 5.11 Å². The van der Waals surface area contributed by atoms with Gasteiger partial charge in [-0.25, -0.2) is 0 Å². The predicted molar refractivity (Wildman–Crippen MR) is 71.3 cm³/mol. The highest BCUT2D eigenvalue weighted by atomic mass is 79.9. The molecule has 0 spiro atoms. The Balaban J connectivity index is 2.41. The van der Waals surface area contributed by atoms with Gasteiger partial charge in [-0.3, -0.25) is 0 Å². The monoisotopic (exact) mass is 302 g/mol. The van der Waals surface area contributed by atoms with Crippen LogP contribution in [0.2, 0.25) is 0 Å². The number of aliphatic hydroxyl groups is 1. The first-order valence-electron chi connectivity index (χ1n) is 5.71. The van der Waals surface area contributed by atoms with Gasteiger partial charge in [0.2, 0.25) is 0 Å². The lowest BCUT2D eigenvalue weighted by molar-refractivity contribution is 0.0642. The quantitative estimate of drug-likeness (QED) is 0.750. The van der Waals surface area contributed by atoms with Crippen molar-refractivity contribution in [2.75, 3.05) is 33.5 Å². The fraction of sp³-hybridized carbons (Fsp3) is 0.538. The van der Waals surface area contributed by atoms with Crippen molar-refractivity contribution in [1.29, 1.82) is 0 Å². The van der Waals surface area contributed by atoms with E-state index in [4.69, 9.17) is 9.47 Å². The number of ether oxygens (including phenoxy) is 2. The van der Waals surface area contributed by atoms with Gasteiger partial charge in [0.15, 0.2) is 0 Å². The van der Waals surface area contributed by atoms with Crippen LogP contribution in [0.25, 0.3) is 0 Å². The van der Waals surface area contributed by atoms with Crippen molar-refractivity contribution >= 4 is 15.9 Å². The minimum Gasteiger partial charge on any atom is -0.396 e. The number of halogens is 1. The highest BCUT2D eigenvalue weighted by molar-refractivity contribution is 9.10. The molecule has 1 atom stereocenters. The maximum absolute atomic E-state index is 9.41. The Hall–Kier alpha value is -0.420. The van der Waals surface area contributed by atoms with Crippen LogP contribution in [-0.2, 0) is 9.47 Å². The lowest BCUT2D eigenvalue weighted by atomic mass is 9.97. The first-order chi connectivity index (χ1) is 8.29. The van der Waals surface area contributed by atoms with Gasteiger partial charge in [-0.15, -0.1) is 0 Å². The molecule has 0 bridgehead atoms. The van der Waals surface area contributed by atoms with Crippen molar-refractivity contribution in [3.63, 3.8) is 0 Å². The zero-order valence-corrected chi connectivity index (χ0v) is 11.6. The van der Waals surface area contributed by atoms with Crippen LogP contribution in [0.5, 0.6) is 0 Å². The molecule has 0 saturated carbocycles. The molecule has 0 aliphatic heterocycles. The Morgan fingerprint density at radius 3 is 2.65 bits per heavy atom. The first-order valence-corrected chi connectivity index (χ1v) is 6.51. The van der Waals surface area contributed by atoms with E-state index in [1.807, 2.05) is 24.3 Å². The maximum Gasteiger partial charge on any atom is 0.0700 e. The van der Waals surface area contributed by atoms with Gasteiger partial charge in [-0.1, -0.05) is 34.1 Å². The topological polar surface area (TPSA) is 38.7 Å². The summed E-state index contributed by atoms with van der Waals surface area (Å²) in [4.78, 5) is 0. The second kappa shape index (κ2) is 8.64. The average Bonchev–Trinajstić information content (AvgIpc) is 2.35. The Labute approximate surface area is 111 Å². The number of benzene rings is 1. The lowest BCUT2D eigenvalue weighted by Gasteiger charge is -2.16. The summed E-state index contributed by atoms with van der Waals surface area (Å²) in [6.07, 6.45) is 0.808. The molecule has 4 heteroatoms. The third-order valence-electron chi connectivity index (χ3n) is 2.61. The van der Waals surface area contributed by atoms with Gasteiger partial charge in [0, 0.05) is 24.1 Å². The molecule has 1 N–H and O–H groups in total. The van der Waals surface area contributed by atoms with Gasteiger partial charge in [0.1, 0.15) is 0 Å². The van der Waals surface area contributed by atoms with Gasteiger partial charge in [-0.05, 0) is 18.1 Å². The molecule has 0 saturated heterocycles. The molecule has 0 heterocycles. The zero-order valence-electron chi connectivity index (χ0n) is 10.1. The Bertz CT molecular complexity index is 317. The van der Waals surface area contributed by atoms with Crippen LogP contribution in [0.4, 0.5) is 0 Å². The summed E-state index contributed by atoms with van der Waals surface area (Å²) in [6, 6.07) is 7.97. The van der Waals surface area contributed by atoms with Crippen LogP contribution in [-0.4, -0.2) is 38.6 Å². The largest absolute Gasteiger partial charge is 0.396 e. The number of methoxy groups -OCH3 is 1. The van der Waals surface area contributed by atoms with Gasteiger partial charge < -0.3 is 14.6 Å². The minimum absolute atomic E-state index is 0.119. The van der Waals surface area contributed by atoms with Crippen LogP contribution in [0.3, 0.4) is 0 Å². The third kappa shape index (κ3) is 5.17. The highest BCUT2D eigenvalue weighted by Crippen LogP contribution is 2.26. The van der Waals surface area contributed by atoms with Crippen LogP contribution in [0.15, 0.2) is 28.7 Å². The molecule has 96 valence electrons. The Kier molecular flexibility index (Phi) is 7.44. The summed E-state index contributed by atoms with van der Waals surface area (Å²) in [6.45, 7) is 1.98. The molecule has 0 aromatic heterocycles. The van der Waals surface area contributed by atoms with E-state index < -0.39 is 0 Å². The molecule has 1 rings (SSSR count). The normalized spacial score (nSPS) is 12.6. The molecule has 1 aromatic carbocycles. The third-order valence-corrected chi connectivity index (χ3v) is 3.33. The first kappa shape index (κ1) is 14.6. The van der Waals surface area contributed by atoms with Gasteiger partial charge in [0.25, 0.3) is 0 Å². The molecule has 0 aliphatic carbocycles. The Morgan fingerprint density at radius 2 is 2.00 bits per heavy atom. The fourth-order valence-corrected chi connectivity index (χ4v) is 2.23. The molecular formula is C13H19BrO3. The molecule has 0 amide bonds. The maximum atomic E-state index is 9.41. The molecule has 17 heavy (non-hydrogen) atoms. The number of hydrogen-bond donors (Lipinski definition) is 1. The zero-order chi connectivity index (χ0) is 12.5. The van der Waals surface area contributed by atoms with E-state index in [2.05, 4.69) is 15.9 Å². The van der Waals surface area contributed by atoms with E-state index in [0.717, 1.165) is 16.5 Å². The molecule has 1 aromatic rings. The van der Waals surface area contributed by atoms with Crippen molar-refractivity contribution in [1.82, 2.24) is 0 Å².